The molecule has 2 rings (SSSR count). The van der Waals surface area contributed by atoms with E-state index in [0.717, 1.165) is 11.0 Å². The minimum Gasteiger partial charge on any atom is -0.297 e. The molecule has 0 unspecified atom stereocenters. The predicted octanol–water partition coefficient (Wildman–Crippen LogP) is 2.58. The Hall–Kier alpha value is -1.88. The first-order valence-electron chi connectivity index (χ1n) is 6.26. The molecule has 2 aromatic rings. The van der Waals surface area contributed by atoms with Crippen LogP contribution in [0.25, 0.3) is 5.69 Å². The van der Waals surface area contributed by atoms with Gasteiger partial charge in [-0.15, -0.1) is 0 Å². The Bertz CT molecular complexity index is 765. The molecular formula is C14H14ClFN2O2. The number of H-pyrrole nitrogens is 1. The van der Waals surface area contributed by atoms with Gasteiger partial charge in [-0.2, -0.15) is 0 Å². The summed E-state index contributed by atoms with van der Waals surface area (Å²) in [5, 5.41) is 0.0675. The van der Waals surface area contributed by atoms with Crippen LogP contribution in [-0.4, -0.2) is 9.55 Å². The molecule has 1 N–H and O–H groups in total. The molecule has 0 atom stereocenters. The highest BCUT2D eigenvalue weighted by Crippen LogP contribution is 2.14. The Morgan fingerprint density at radius 3 is 2.65 bits per heavy atom. The maximum absolute atomic E-state index is 13.1. The number of aryl methyl sites for hydroxylation is 1. The normalized spacial score (nSPS) is 10.8. The molecule has 1 heterocycles. The summed E-state index contributed by atoms with van der Waals surface area (Å²) in [6.45, 7) is 3.55. The average molecular weight is 297 g/mol. The molecule has 0 fully saturated rings. The minimum absolute atomic E-state index is 0.0675. The molecular weight excluding hydrogens is 283 g/mol. The number of nitrogens with one attached hydrogen (secondary N) is 1. The van der Waals surface area contributed by atoms with Crippen molar-refractivity contribution in [3.63, 3.8) is 0 Å². The molecule has 0 aliphatic heterocycles. The number of hydrogen-bond acceptors (Lipinski definition) is 2. The van der Waals surface area contributed by atoms with Crippen molar-refractivity contribution in [2.24, 2.45) is 0 Å². The van der Waals surface area contributed by atoms with E-state index < -0.39 is 17.1 Å². The molecule has 0 saturated carbocycles. The molecule has 0 aliphatic carbocycles. The molecule has 6 heteroatoms. The lowest BCUT2D eigenvalue weighted by Crippen LogP contribution is -2.36. The highest BCUT2D eigenvalue weighted by Gasteiger charge is 2.14. The van der Waals surface area contributed by atoms with Gasteiger partial charge in [0.1, 0.15) is 11.0 Å². The lowest BCUT2D eigenvalue weighted by Gasteiger charge is -2.10. The first kappa shape index (κ1) is 14.5. The summed E-state index contributed by atoms with van der Waals surface area (Å²) in [5.74, 6) is -0.418. The van der Waals surface area contributed by atoms with Gasteiger partial charge in [-0.3, -0.25) is 9.78 Å². The summed E-state index contributed by atoms with van der Waals surface area (Å²) in [6, 6.07) is 3.89. The van der Waals surface area contributed by atoms with Crippen molar-refractivity contribution in [2.45, 2.75) is 26.7 Å². The van der Waals surface area contributed by atoms with E-state index in [-0.39, 0.29) is 5.15 Å². The summed E-state index contributed by atoms with van der Waals surface area (Å²) < 4.78 is 14.1. The smallest absolute Gasteiger partial charge is 0.297 e. The van der Waals surface area contributed by atoms with Gasteiger partial charge in [0.05, 0.1) is 11.3 Å². The van der Waals surface area contributed by atoms with E-state index >= 15 is 0 Å². The summed E-state index contributed by atoms with van der Waals surface area (Å²) in [6.07, 6.45) is 1.19. The number of aromatic amines is 1. The van der Waals surface area contributed by atoms with Crippen molar-refractivity contribution >= 4 is 11.6 Å². The molecule has 1 aromatic carbocycles. The fraction of sp³-hybridized carbons (Fsp3) is 0.286. The van der Waals surface area contributed by atoms with Crippen molar-refractivity contribution in [3.05, 3.63) is 61.1 Å². The van der Waals surface area contributed by atoms with E-state index in [1.165, 1.54) is 18.2 Å². The average Bonchev–Trinajstić information content (AvgIpc) is 2.37. The third-order valence-corrected chi connectivity index (χ3v) is 3.37. The predicted molar refractivity (Wildman–Crippen MR) is 76.4 cm³/mol. The van der Waals surface area contributed by atoms with Gasteiger partial charge in [-0.1, -0.05) is 24.9 Å². The highest BCUT2D eigenvalue weighted by molar-refractivity contribution is 6.30. The lowest BCUT2D eigenvalue weighted by atomic mass is 10.1. The third kappa shape index (κ3) is 2.54. The van der Waals surface area contributed by atoms with E-state index in [1.54, 1.807) is 6.92 Å². The first-order valence-corrected chi connectivity index (χ1v) is 6.63. The van der Waals surface area contributed by atoms with Crippen molar-refractivity contribution in [2.75, 3.05) is 0 Å². The van der Waals surface area contributed by atoms with Crippen LogP contribution in [0.4, 0.5) is 4.39 Å². The van der Waals surface area contributed by atoms with Crippen LogP contribution in [0.2, 0.25) is 5.15 Å². The Balaban J connectivity index is 2.77. The quantitative estimate of drug-likeness (QED) is 0.885. The summed E-state index contributed by atoms with van der Waals surface area (Å²) in [7, 11) is 0. The van der Waals surface area contributed by atoms with Crippen LogP contribution in [0.5, 0.6) is 0 Å². The number of hydrogen-bond donors (Lipinski definition) is 1. The fourth-order valence-electron chi connectivity index (χ4n) is 2.10. The van der Waals surface area contributed by atoms with Crippen LogP contribution in [0, 0.1) is 12.7 Å². The summed E-state index contributed by atoms with van der Waals surface area (Å²) >= 11 is 5.91. The van der Waals surface area contributed by atoms with Crippen LogP contribution in [0.1, 0.15) is 24.5 Å². The first-order chi connectivity index (χ1) is 9.45. The van der Waals surface area contributed by atoms with Crippen LogP contribution in [-0.2, 0) is 6.42 Å². The second-order valence-corrected chi connectivity index (χ2v) is 4.92. The maximum atomic E-state index is 13.1. The molecule has 1 aromatic heterocycles. The topological polar surface area (TPSA) is 54.9 Å². The molecule has 4 nitrogen and oxygen atoms in total. The second kappa shape index (κ2) is 5.63. The van der Waals surface area contributed by atoms with Gasteiger partial charge in [-0.25, -0.2) is 13.8 Å². The van der Waals surface area contributed by atoms with E-state index in [2.05, 4.69) is 4.98 Å². The van der Waals surface area contributed by atoms with E-state index in [0.29, 0.717) is 23.2 Å². The Labute approximate surface area is 119 Å². The second-order valence-electron chi connectivity index (χ2n) is 4.54. The number of aromatic nitrogens is 2. The zero-order valence-corrected chi connectivity index (χ0v) is 11.9. The van der Waals surface area contributed by atoms with Crippen molar-refractivity contribution in [1.29, 1.82) is 0 Å². The minimum atomic E-state index is -0.630. The standard InChI is InChI=1S/C14H14ClFN2O2/c1-3-4-10-12(15)17-14(20)18(13(10)19)11-6-5-9(16)7-8(11)2/h5-7H,3-4H2,1-2H3,(H,17,20). The zero-order chi connectivity index (χ0) is 14.9. The Kier molecular flexibility index (Phi) is 4.09. The molecule has 0 saturated heterocycles. The van der Waals surface area contributed by atoms with Gasteiger partial charge >= 0.3 is 5.69 Å². The third-order valence-electron chi connectivity index (χ3n) is 3.05. The molecule has 0 spiro atoms. The van der Waals surface area contributed by atoms with Crippen LogP contribution in [0.15, 0.2) is 27.8 Å². The zero-order valence-electron chi connectivity index (χ0n) is 11.2. The Morgan fingerprint density at radius 2 is 2.05 bits per heavy atom. The molecule has 0 radical (unpaired) electrons. The fourth-order valence-corrected chi connectivity index (χ4v) is 2.36. The number of halogens is 2. The maximum Gasteiger partial charge on any atom is 0.334 e. The van der Waals surface area contributed by atoms with Crippen molar-refractivity contribution in [1.82, 2.24) is 9.55 Å². The van der Waals surface area contributed by atoms with E-state index in [9.17, 15) is 14.0 Å². The largest absolute Gasteiger partial charge is 0.334 e. The molecule has 0 bridgehead atoms. The highest BCUT2D eigenvalue weighted by atomic mass is 35.5. The van der Waals surface area contributed by atoms with Crippen LogP contribution < -0.4 is 11.2 Å². The molecule has 106 valence electrons. The van der Waals surface area contributed by atoms with Gasteiger partial charge in [-0.05, 0) is 37.1 Å². The SMILES string of the molecule is CCCc1c(Cl)[nH]c(=O)n(-c2ccc(F)cc2C)c1=O. The number of benzene rings is 1. The van der Waals surface area contributed by atoms with E-state index in [1.807, 2.05) is 6.92 Å². The van der Waals surface area contributed by atoms with Crippen molar-refractivity contribution in [3.8, 4) is 5.69 Å². The summed E-state index contributed by atoms with van der Waals surface area (Å²) in [4.78, 5) is 26.8. The summed E-state index contributed by atoms with van der Waals surface area (Å²) in [5.41, 5.74) is 0.122. The Morgan fingerprint density at radius 1 is 1.35 bits per heavy atom. The number of nitrogens with zero attached hydrogens (tertiary/aromatic N) is 1. The van der Waals surface area contributed by atoms with Gasteiger partial charge in [0.25, 0.3) is 5.56 Å². The molecule has 20 heavy (non-hydrogen) atoms. The van der Waals surface area contributed by atoms with Gasteiger partial charge in [0.2, 0.25) is 0 Å². The number of rotatable bonds is 3. The monoisotopic (exact) mass is 296 g/mol. The molecule has 0 aliphatic rings. The van der Waals surface area contributed by atoms with Crippen molar-refractivity contribution < 1.29 is 4.39 Å². The van der Waals surface area contributed by atoms with Gasteiger partial charge in [0.15, 0.2) is 0 Å². The lowest BCUT2D eigenvalue weighted by molar-refractivity contribution is 0.625. The van der Waals surface area contributed by atoms with E-state index in [4.69, 9.17) is 11.6 Å². The van der Waals surface area contributed by atoms with Gasteiger partial charge < -0.3 is 0 Å². The van der Waals surface area contributed by atoms with Crippen LogP contribution in [0.3, 0.4) is 0 Å². The molecule has 0 amide bonds. The van der Waals surface area contributed by atoms with Crippen LogP contribution >= 0.6 is 11.6 Å². The van der Waals surface area contributed by atoms with Gasteiger partial charge in [0, 0.05) is 0 Å².